The van der Waals surface area contributed by atoms with Crippen molar-refractivity contribution in [2.24, 2.45) is 0 Å². The predicted molar refractivity (Wildman–Crippen MR) is 71.1 cm³/mol. The summed E-state index contributed by atoms with van der Waals surface area (Å²) in [5.74, 6) is -0.756. The van der Waals surface area contributed by atoms with Gasteiger partial charge in [0.25, 0.3) is 0 Å². The van der Waals surface area contributed by atoms with Gasteiger partial charge in [0.15, 0.2) is 11.7 Å². The van der Waals surface area contributed by atoms with Crippen molar-refractivity contribution in [3.05, 3.63) is 47.4 Å². The highest BCUT2D eigenvalue weighted by atomic mass is 19.1. The fraction of sp³-hybridized carbons (Fsp3) is 0.400. The maximum atomic E-state index is 13.4. The van der Waals surface area contributed by atoms with Crippen LogP contribution in [0.5, 0.6) is 0 Å². The third kappa shape index (κ3) is 2.94. The smallest absolute Gasteiger partial charge is 0.323 e. The molecule has 6 heteroatoms. The fourth-order valence-corrected chi connectivity index (χ4v) is 2.16. The molecule has 0 bridgehead atoms. The van der Waals surface area contributed by atoms with E-state index in [0.29, 0.717) is 17.3 Å². The number of aromatic nitrogens is 2. The third-order valence-electron chi connectivity index (χ3n) is 3.35. The van der Waals surface area contributed by atoms with Gasteiger partial charge in [0.05, 0.1) is 6.61 Å². The van der Waals surface area contributed by atoms with Crippen molar-refractivity contribution in [1.29, 1.82) is 0 Å². The van der Waals surface area contributed by atoms with E-state index in [-0.39, 0.29) is 12.5 Å². The Kier molecular flexibility index (Phi) is 3.68. The molecule has 1 aliphatic carbocycles. The summed E-state index contributed by atoms with van der Waals surface area (Å²) in [6.07, 6.45) is 2.06. The van der Waals surface area contributed by atoms with Gasteiger partial charge >= 0.3 is 5.97 Å². The van der Waals surface area contributed by atoms with Gasteiger partial charge in [-0.2, -0.15) is 4.98 Å². The van der Waals surface area contributed by atoms with Gasteiger partial charge in [-0.25, -0.2) is 4.39 Å². The van der Waals surface area contributed by atoms with Gasteiger partial charge in [0, 0.05) is 5.92 Å². The number of carbonyl (C=O) groups is 1. The molecule has 110 valence electrons. The molecule has 0 spiro atoms. The standard InChI is InChI=1S/C15H15FN2O3/c1-2-20-15(19)12(10-4-3-5-11(16)8-10)14-17-13(18-21-14)9-6-7-9/h3-5,8-9,12H,2,6-7H2,1H3. The maximum Gasteiger partial charge on any atom is 0.323 e. The minimum atomic E-state index is -0.888. The van der Waals surface area contributed by atoms with Crippen LogP contribution < -0.4 is 0 Å². The Bertz CT molecular complexity index is 652. The van der Waals surface area contributed by atoms with Crippen molar-refractivity contribution < 1.29 is 18.4 Å². The number of benzene rings is 1. The predicted octanol–water partition coefficient (Wildman–Crippen LogP) is 2.78. The summed E-state index contributed by atoms with van der Waals surface area (Å²) >= 11 is 0. The first-order chi connectivity index (χ1) is 10.2. The van der Waals surface area contributed by atoms with E-state index >= 15 is 0 Å². The van der Waals surface area contributed by atoms with Gasteiger partial charge in [0.2, 0.25) is 5.89 Å². The van der Waals surface area contributed by atoms with E-state index in [1.807, 2.05) is 0 Å². The van der Waals surface area contributed by atoms with Gasteiger partial charge in [-0.05, 0) is 37.5 Å². The normalized spacial score (nSPS) is 15.7. The molecule has 1 atom stereocenters. The zero-order chi connectivity index (χ0) is 14.8. The molecule has 21 heavy (non-hydrogen) atoms. The molecule has 0 N–H and O–H groups in total. The van der Waals surface area contributed by atoms with Crippen LogP contribution in [-0.2, 0) is 9.53 Å². The lowest BCUT2D eigenvalue weighted by Crippen LogP contribution is -2.18. The second-order valence-corrected chi connectivity index (χ2v) is 5.01. The SMILES string of the molecule is CCOC(=O)C(c1cccc(F)c1)c1nc(C2CC2)no1. The topological polar surface area (TPSA) is 65.2 Å². The molecule has 1 aromatic carbocycles. The second kappa shape index (κ2) is 5.63. The summed E-state index contributed by atoms with van der Waals surface area (Å²) in [7, 11) is 0. The lowest BCUT2D eigenvalue weighted by molar-refractivity contribution is -0.144. The quantitative estimate of drug-likeness (QED) is 0.792. The number of hydrogen-bond acceptors (Lipinski definition) is 5. The van der Waals surface area contributed by atoms with E-state index in [1.54, 1.807) is 13.0 Å². The number of rotatable bonds is 5. The average molecular weight is 290 g/mol. The van der Waals surface area contributed by atoms with Crippen molar-refractivity contribution in [3.8, 4) is 0 Å². The van der Waals surface area contributed by atoms with Gasteiger partial charge in [0.1, 0.15) is 5.82 Å². The van der Waals surface area contributed by atoms with E-state index in [1.165, 1.54) is 18.2 Å². The number of halogens is 1. The van der Waals surface area contributed by atoms with E-state index < -0.39 is 17.7 Å². The van der Waals surface area contributed by atoms with E-state index in [0.717, 1.165) is 12.8 Å². The summed E-state index contributed by atoms with van der Waals surface area (Å²) < 4.78 is 23.7. The zero-order valence-corrected chi connectivity index (χ0v) is 11.6. The summed E-state index contributed by atoms with van der Waals surface area (Å²) in [6, 6.07) is 5.78. The molecule has 1 fully saturated rings. The van der Waals surface area contributed by atoms with Gasteiger partial charge in [-0.3, -0.25) is 4.79 Å². The number of esters is 1. The molecular weight excluding hydrogens is 275 g/mol. The number of ether oxygens (including phenoxy) is 1. The highest BCUT2D eigenvalue weighted by molar-refractivity contribution is 5.80. The van der Waals surface area contributed by atoms with Crippen LogP contribution in [0.25, 0.3) is 0 Å². The first-order valence-electron chi connectivity index (χ1n) is 6.94. The highest BCUT2D eigenvalue weighted by Gasteiger charge is 2.34. The molecule has 0 radical (unpaired) electrons. The first kappa shape index (κ1) is 13.7. The van der Waals surface area contributed by atoms with Gasteiger partial charge < -0.3 is 9.26 Å². The Balaban J connectivity index is 1.96. The lowest BCUT2D eigenvalue weighted by Gasteiger charge is -2.12. The Labute approximate surface area is 121 Å². The highest BCUT2D eigenvalue weighted by Crippen LogP contribution is 2.39. The van der Waals surface area contributed by atoms with Crippen LogP contribution in [0.3, 0.4) is 0 Å². The molecule has 1 saturated carbocycles. The van der Waals surface area contributed by atoms with Crippen molar-refractivity contribution in [2.75, 3.05) is 6.61 Å². The molecule has 1 unspecified atom stereocenters. The van der Waals surface area contributed by atoms with Gasteiger partial charge in [-0.1, -0.05) is 17.3 Å². The summed E-state index contributed by atoms with van der Waals surface area (Å²) in [6.45, 7) is 1.94. The van der Waals surface area contributed by atoms with Crippen LogP contribution in [0.4, 0.5) is 4.39 Å². The van der Waals surface area contributed by atoms with Crippen LogP contribution in [0.2, 0.25) is 0 Å². The van der Waals surface area contributed by atoms with Crippen molar-refractivity contribution in [2.45, 2.75) is 31.6 Å². The monoisotopic (exact) mass is 290 g/mol. The lowest BCUT2D eigenvalue weighted by atomic mass is 9.99. The number of hydrogen-bond donors (Lipinski definition) is 0. The van der Waals surface area contributed by atoms with Crippen LogP contribution in [0.1, 0.15) is 48.9 Å². The van der Waals surface area contributed by atoms with E-state index in [9.17, 15) is 9.18 Å². The molecule has 0 amide bonds. The van der Waals surface area contributed by atoms with Crippen LogP contribution in [0.15, 0.2) is 28.8 Å². The fourth-order valence-electron chi connectivity index (χ4n) is 2.16. The van der Waals surface area contributed by atoms with Crippen molar-refractivity contribution in [1.82, 2.24) is 10.1 Å². The summed E-state index contributed by atoms with van der Waals surface area (Å²) in [4.78, 5) is 16.5. The average Bonchev–Trinajstić information content (AvgIpc) is 3.20. The molecule has 0 saturated heterocycles. The van der Waals surface area contributed by atoms with Crippen LogP contribution in [0, 0.1) is 5.82 Å². The maximum absolute atomic E-state index is 13.4. The minimum absolute atomic E-state index is 0.154. The molecule has 1 aliphatic rings. The molecule has 5 nitrogen and oxygen atoms in total. The number of nitrogens with zero attached hydrogens (tertiary/aromatic N) is 2. The first-order valence-corrected chi connectivity index (χ1v) is 6.94. The van der Waals surface area contributed by atoms with Crippen LogP contribution in [-0.4, -0.2) is 22.7 Å². The second-order valence-electron chi connectivity index (χ2n) is 5.01. The summed E-state index contributed by atoms with van der Waals surface area (Å²) in [5, 5.41) is 3.90. The Morgan fingerprint density at radius 3 is 3.00 bits per heavy atom. The molecule has 1 aromatic heterocycles. The zero-order valence-electron chi connectivity index (χ0n) is 11.6. The van der Waals surface area contributed by atoms with Crippen molar-refractivity contribution in [3.63, 3.8) is 0 Å². The molecule has 0 aliphatic heterocycles. The Morgan fingerprint density at radius 1 is 1.52 bits per heavy atom. The largest absolute Gasteiger partial charge is 0.465 e. The van der Waals surface area contributed by atoms with Crippen molar-refractivity contribution >= 4 is 5.97 Å². The van der Waals surface area contributed by atoms with Crippen LogP contribution >= 0.6 is 0 Å². The molecular formula is C15H15FN2O3. The van der Waals surface area contributed by atoms with Gasteiger partial charge in [-0.15, -0.1) is 0 Å². The Morgan fingerprint density at radius 2 is 2.33 bits per heavy atom. The number of carbonyl (C=O) groups excluding carboxylic acids is 1. The molecule has 3 rings (SSSR count). The molecule has 1 heterocycles. The Hall–Kier alpha value is -2.24. The van der Waals surface area contributed by atoms with E-state index in [4.69, 9.17) is 9.26 Å². The molecule has 2 aromatic rings. The van der Waals surface area contributed by atoms with E-state index in [2.05, 4.69) is 10.1 Å². The third-order valence-corrected chi connectivity index (χ3v) is 3.35. The minimum Gasteiger partial charge on any atom is -0.465 e. The summed E-state index contributed by atoms with van der Waals surface area (Å²) in [5.41, 5.74) is 0.444.